The van der Waals surface area contributed by atoms with Gasteiger partial charge in [-0.05, 0) is 6.07 Å². The lowest BCUT2D eigenvalue weighted by molar-refractivity contribution is -0.0501. The van der Waals surface area contributed by atoms with E-state index < -0.39 is 6.61 Å². The number of benzene rings is 1. The molecule has 0 aliphatic carbocycles. The molecule has 16 heavy (non-hydrogen) atoms. The lowest BCUT2D eigenvalue weighted by atomic mass is 10.0. The number of alkyl halides is 2. The fourth-order valence-electron chi connectivity index (χ4n) is 1.30. The molecule has 0 fully saturated rings. The number of carbonyl (C=O) groups excluding carboxylic acids is 2. The van der Waals surface area contributed by atoms with Crippen molar-refractivity contribution in [3.8, 4) is 5.75 Å². The van der Waals surface area contributed by atoms with E-state index in [1.165, 1.54) is 18.2 Å². The molecule has 0 heterocycles. The van der Waals surface area contributed by atoms with Crippen molar-refractivity contribution in [2.75, 3.05) is 0 Å². The first kappa shape index (κ1) is 12.3. The van der Waals surface area contributed by atoms with Crippen LogP contribution in [0.4, 0.5) is 8.78 Å². The second kappa shape index (κ2) is 5.34. The molecule has 0 saturated heterocycles. The van der Waals surface area contributed by atoms with Crippen LogP contribution in [0.15, 0.2) is 18.2 Å². The van der Waals surface area contributed by atoms with Gasteiger partial charge in [0.2, 0.25) is 0 Å². The number of halogens is 2. The van der Waals surface area contributed by atoms with Gasteiger partial charge in [0, 0.05) is 12.0 Å². The van der Waals surface area contributed by atoms with E-state index in [1.807, 2.05) is 0 Å². The first-order valence-corrected chi connectivity index (χ1v) is 4.66. The summed E-state index contributed by atoms with van der Waals surface area (Å²) in [6.45, 7) is -1.40. The predicted octanol–water partition coefficient (Wildman–Crippen LogP) is 2.69. The topological polar surface area (TPSA) is 43.4 Å². The Morgan fingerprint density at radius 2 is 2.19 bits per heavy atom. The number of carbonyl (C=O) groups is 2. The minimum absolute atomic E-state index is 0.107. The Balaban J connectivity index is 3.20. The summed E-state index contributed by atoms with van der Waals surface area (Å²) in [6.07, 6.45) is 0.541. The van der Waals surface area contributed by atoms with Crippen LogP contribution in [0.1, 0.15) is 34.1 Å². The average Bonchev–Trinajstić information content (AvgIpc) is 2.27. The highest BCUT2D eigenvalue weighted by molar-refractivity contribution is 6.03. The maximum Gasteiger partial charge on any atom is 0.387 e. The molecular weight excluding hydrogens is 218 g/mol. The summed E-state index contributed by atoms with van der Waals surface area (Å²) < 4.78 is 28.2. The number of ether oxygens (including phenoxy) is 1. The predicted molar refractivity (Wildman–Crippen MR) is 53.1 cm³/mol. The SMILES string of the molecule is CCC(=O)c1cccc(OC(F)F)c1C=O. The molecule has 0 N–H and O–H groups in total. The molecule has 1 aromatic rings. The van der Waals surface area contributed by atoms with Gasteiger partial charge in [-0.25, -0.2) is 0 Å². The highest BCUT2D eigenvalue weighted by atomic mass is 19.3. The standard InChI is InChI=1S/C11H10F2O3/c1-2-9(15)7-4-3-5-10(8(7)6-14)16-11(12)13/h3-6,11H,2H2,1H3. The average molecular weight is 228 g/mol. The number of rotatable bonds is 5. The van der Waals surface area contributed by atoms with Crippen LogP contribution in [0.2, 0.25) is 0 Å². The zero-order chi connectivity index (χ0) is 12.1. The maximum absolute atomic E-state index is 12.0. The van der Waals surface area contributed by atoms with Gasteiger partial charge in [-0.15, -0.1) is 0 Å². The van der Waals surface area contributed by atoms with Gasteiger partial charge in [-0.2, -0.15) is 8.78 Å². The van der Waals surface area contributed by atoms with Crippen molar-refractivity contribution in [1.29, 1.82) is 0 Å². The van der Waals surface area contributed by atoms with E-state index in [0.717, 1.165) is 0 Å². The number of hydrogen-bond donors (Lipinski definition) is 0. The van der Waals surface area contributed by atoms with Gasteiger partial charge >= 0.3 is 6.61 Å². The van der Waals surface area contributed by atoms with Gasteiger partial charge in [0.15, 0.2) is 12.1 Å². The molecule has 0 saturated carbocycles. The number of Topliss-reactive ketones (excluding diaryl/α,β-unsaturated/α-hetero) is 1. The molecule has 86 valence electrons. The van der Waals surface area contributed by atoms with E-state index in [0.29, 0.717) is 6.29 Å². The third kappa shape index (κ3) is 2.62. The highest BCUT2D eigenvalue weighted by Crippen LogP contribution is 2.23. The van der Waals surface area contributed by atoms with Gasteiger partial charge in [-0.3, -0.25) is 9.59 Å². The molecule has 0 unspecified atom stereocenters. The second-order valence-corrected chi connectivity index (χ2v) is 2.99. The molecular formula is C11H10F2O3. The molecule has 0 aromatic heterocycles. The second-order valence-electron chi connectivity index (χ2n) is 2.99. The molecule has 0 aliphatic rings. The molecule has 3 nitrogen and oxygen atoms in total. The summed E-state index contributed by atoms with van der Waals surface area (Å²) >= 11 is 0. The van der Waals surface area contributed by atoms with Crippen LogP contribution in [0, 0.1) is 0 Å². The van der Waals surface area contributed by atoms with E-state index in [4.69, 9.17) is 0 Å². The number of hydrogen-bond acceptors (Lipinski definition) is 3. The minimum Gasteiger partial charge on any atom is -0.434 e. The summed E-state index contributed by atoms with van der Waals surface area (Å²) in [5.74, 6) is -0.564. The normalized spacial score (nSPS) is 10.2. The molecule has 0 bridgehead atoms. The number of ketones is 1. The van der Waals surface area contributed by atoms with Gasteiger partial charge in [0.05, 0.1) is 5.56 Å². The fourth-order valence-corrected chi connectivity index (χ4v) is 1.30. The fraction of sp³-hybridized carbons (Fsp3) is 0.273. The van der Waals surface area contributed by atoms with Crippen LogP contribution in [0.3, 0.4) is 0 Å². The van der Waals surface area contributed by atoms with Crippen LogP contribution in [0.5, 0.6) is 5.75 Å². The van der Waals surface area contributed by atoms with Crippen molar-refractivity contribution >= 4 is 12.1 Å². The third-order valence-corrected chi connectivity index (χ3v) is 2.02. The Morgan fingerprint density at radius 3 is 2.69 bits per heavy atom. The van der Waals surface area contributed by atoms with E-state index in [9.17, 15) is 18.4 Å². The minimum atomic E-state index is -3.02. The molecule has 0 atom stereocenters. The monoisotopic (exact) mass is 228 g/mol. The van der Waals surface area contributed by atoms with Gasteiger partial charge in [-0.1, -0.05) is 19.1 Å². The van der Waals surface area contributed by atoms with Crippen LogP contribution in [0.25, 0.3) is 0 Å². The number of aldehydes is 1. The van der Waals surface area contributed by atoms with Gasteiger partial charge < -0.3 is 4.74 Å². The van der Waals surface area contributed by atoms with Crippen LogP contribution < -0.4 is 4.74 Å². The largest absolute Gasteiger partial charge is 0.434 e. The van der Waals surface area contributed by atoms with Crippen molar-refractivity contribution in [2.24, 2.45) is 0 Å². The Hall–Kier alpha value is -1.78. The first-order chi connectivity index (χ1) is 7.60. The van der Waals surface area contributed by atoms with Crippen molar-refractivity contribution in [3.05, 3.63) is 29.3 Å². The molecule has 5 heteroatoms. The summed E-state index contributed by atoms with van der Waals surface area (Å²) in [4.78, 5) is 22.2. The molecule has 1 aromatic carbocycles. The summed E-state index contributed by atoms with van der Waals surface area (Å²) in [6, 6.07) is 4.03. The lowest BCUT2D eigenvalue weighted by Gasteiger charge is -2.09. The zero-order valence-electron chi connectivity index (χ0n) is 8.57. The zero-order valence-corrected chi connectivity index (χ0v) is 8.57. The van der Waals surface area contributed by atoms with Gasteiger partial charge in [0.1, 0.15) is 5.75 Å². The Kier molecular flexibility index (Phi) is 4.10. The summed E-state index contributed by atoms with van der Waals surface area (Å²) in [5.41, 5.74) is -0.0229. The summed E-state index contributed by atoms with van der Waals surface area (Å²) in [7, 11) is 0. The third-order valence-electron chi connectivity index (χ3n) is 2.02. The molecule has 0 amide bonds. The van der Waals surface area contributed by atoms with E-state index >= 15 is 0 Å². The summed E-state index contributed by atoms with van der Waals surface area (Å²) in [5, 5.41) is 0. The van der Waals surface area contributed by atoms with Crippen molar-refractivity contribution < 1.29 is 23.1 Å². The van der Waals surface area contributed by atoms with Crippen LogP contribution >= 0.6 is 0 Å². The van der Waals surface area contributed by atoms with Crippen molar-refractivity contribution in [2.45, 2.75) is 20.0 Å². The smallest absolute Gasteiger partial charge is 0.387 e. The highest BCUT2D eigenvalue weighted by Gasteiger charge is 2.16. The molecule has 0 radical (unpaired) electrons. The van der Waals surface area contributed by atoms with Crippen LogP contribution in [-0.4, -0.2) is 18.7 Å². The van der Waals surface area contributed by atoms with Gasteiger partial charge in [0.25, 0.3) is 0 Å². The Labute approximate surface area is 91.0 Å². The lowest BCUT2D eigenvalue weighted by Crippen LogP contribution is -2.08. The van der Waals surface area contributed by atoms with E-state index in [-0.39, 0.29) is 29.1 Å². The molecule has 0 aliphatic heterocycles. The molecule has 1 rings (SSSR count). The van der Waals surface area contributed by atoms with Crippen molar-refractivity contribution in [3.63, 3.8) is 0 Å². The maximum atomic E-state index is 12.0. The molecule has 0 spiro atoms. The van der Waals surface area contributed by atoms with E-state index in [2.05, 4.69) is 4.74 Å². The van der Waals surface area contributed by atoms with E-state index in [1.54, 1.807) is 6.92 Å². The van der Waals surface area contributed by atoms with Crippen LogP contribution in [-0.2, 0) is 0 Å². The Bertz CT molecular complexity index is 402. The van der Waals surface area contributed by atoms with Crippen molar-refractivity contribution in [1.82, 2.24) is 0 Å². The Morgan fingerprint density at radius 1 is 1.50 bits per heavy atom. The first-order valence-electron chi connectivity index (χ1n) is 4.66. The quantitative estimate of drug-likeness (QED) is 0.574.